The molecule has 2 amide bonds. The standard InChI is InChI=1S/C19H18F2N2O5/c1-11(24)13-3-8-16(22-12(2)25)17(9-13)27-10-18(26)23-14-4-6-15(7-5-14)28-19(20)21/h3-9,19H,10H2,1-2H3,(H,22,25)(H,23,26). The largest absolute Gasteiger partial charge is 0.482 e. The second-order valence-corrected chi connectivity index (χ2v) is 5.69. The van der Waals surface area contributed by atoms with Crippen LogP contribution in [-0.2, 0) is 9.59 Å². The number of hydrogen-bond donors (Lipinski definition) is 2. The van der Waals surface area contributed by atoms with E-state index in [-0.39, 0.29) is 23.2 Å². The van der Waals surface area contributed by atoms with E-state index in [1.54, 1.807) is 0 Å². The first-order chi connectivity index (χ1) is 13.2. The molecule has 0 aliphatic carbocycles. The minimum absolute atomic E-state index is 0.0368. The van der Waals surface area contributed by atoms with Gasteiger partial charge in [-0.25, -0.2) is 0 Å². The normalized spacial score (nSPS) is 10.3. The molecule has 0 atom stereocenters. The number of carbonyl (C=O) groups excluding carboxylic acids is 3. The van der Waals surface area contributed by atoms with Gasteiger partial charge in [0.25, 0.3) is 5.91 Å². The number of rotatable bonds is 8. The number of ketones is 1. The Morgan fingerprint density at radius 1 is 1.00 bits per heavy atom. The predicted molar refractivity (Wildman–Crippen MR) is 97.9 cm³/mol. The molecule has 2 aromatic rings. The third-order valence-electron chi connectivity index (χ3n) is 3.42. The highest BCUT2D eigenvalue weighted by Gasteiger charge is 2.12. The third kappa shape index (κ3) is 6.35. The van der Waals surface area contributed by atoms with Gasteiger partial charge in [-0.2, -0.15) is 8.78 Å². The van der Waals surface area contributed by atoms with Crippen LogP contribution >= 0.6 is 0 Å². The van der Waals surface area contributed by atoms with Crippen LogP contribution in [0.2, 0.25) is 0 Å². The molecule has 0 heterocycles. The van der Waals surface area contributed by atoms with E-state index in [0.717, 1.165) is 0 Å². The Balaban J connectivity index is 2.02. The summed E-state index contributed by atoms with van der Waals surface area (Å²) in [5, 5.41) is 5.08. The smallest absolute Gasteiger partial charge is 0.387 e. The lowest BCUT2D eigenvalue weighted by atomic mass is 10.1. The molecule has 0 unspecified atom stereocenters. The van der Waals surface area contributed by atoms with E-state index in [1.807, 2.05) is 0 Å². The summed E-state index contributed by atoms with van der Waals surface area (Å²) in [6, 6.07) is 9.83. The van der Waals surface area contributed by atoms with E-state index >= 15 is 0 Å². The molecule has 0 bridgehead atoms. The summed E-state index contributed by atoms with van der Waals surface area (Å²) in [7, 11) is 0. The first-order valence-corrected chi connectivity index (χ1v) is 8.14. The topological polar surface area (TPSA) is 93.7 Å². The fourth-order valence-electron chi connectivity index (χ4n) is 2.21. The van der Waals surface area contributed by atoms with Crippen LogP contribution in [0.25, 0.3) is 0 Å². The molecule has 9 heteroatoms. The lowest BCUT2D eigenvalue weighted by molar-refractivity contribution is -0.118. The molecular formula is C19H18F2N2O5. The maximum Gasteiger partial charge on any atom is 0.387 e. The highest BCUT2D eigenvalue weighted by molar-refractivity contribution is 5.97. The van der Waals surface area contributed by atoms with Crippen molar-refractivity contribution in [3.8, 4) is 11.5 Å². The molecule has 0 aliphatic rings. The lowest BCUT2D eigenvalue weighted by Crippen LogP contribution is -2.21. The number of alkyl halides is 2. The molecule has 0 radical (unpaired) electrons. The first-order valence-electron chi connectivity index (χ1n) is 8.14. The summed E-state index contributed by atoms with van der Waals surface area (Å²) in [6.07, 6.45) is 0. The van der Waals surface area contributed by atoms with Gasteiger partial charge in [-0.05, 0) is 49.4 Å². The quantitative estimate of drug-likeness (QED) is 0.671. The van der Waals surface area contributed by atoms with Crippen molar-refractivity contribution < 1.29 is 32.6 Å². The van der Waals surface area contributed by atoms with Gasteiger partial charge < -0.3 is 20.1 Å². The molecule has 0 saturated carbocycles. The summed E-state index contributed by atoms with van der Waals surface area (Å²) in [5.41, 5.74) is 1.03. The number of ether oxygens (including phenoxy) is 2. The van der Waals surface area contributed by atoms with E-state index in [4.69, 9.17) is 4.74 Å². The van der Waals surface area contributed by atoms with Crippen molar-refractivity contribution in [1.29, 1.82) is 0 Å². The molecule has 2 N–H and O–H groups in total. The van der Waals surface area contributed by atoms with Crippen molar-refractivity contribution in [2.24, 2.45) is 0 Å². The van der Waals surface area contributed by atoms with Gasteiger partial charge in [0.05, 0.1) is 5.69 Å². The molecule has 148 valence electrons. The fraction of sp³-hybridized carbons (Fsp3) is 0.211. The predicted octanol–water partition coefficient (Wildman–Crippen LogP) is 3.47. The first kappa shape index (κ1) is 20.8. The van der Waals surface area contributed by atoms with E-state index in [2.05, 4.69) is 15.4 Å². The SMILES string of the molecule is CC(=O)Nc1ccc(C(C)=O)cc1OCC(=O)Nc1ccc(OC(F)F)cc1. The highest BCUT2D eigenvalue weighted by atomic mass is 19.3. The van der Waals surface area contributed by atoms with E-state index in [9.17, 15) is 23.2 Å². The minimum atomic E-state index is -2.93. The molecule has 7 nitrogen and oxygen atoms in total. The Labute approximate surface area is 159 Å². The monoisotopic (exact) mass is 392 g/mol. The average Bonchev–Trinajstić information content (AvgIpc) is 2.61. The minimum Gasteiger partial charge on any atom is -0.482 e. The molecule has 0 fully saturated rings. The van der Waals surface area contributed by atoms with Gasteiger partial charge in [-0.3, -0.25) is 14.4 Å². The fourth-order valence-corrected chi connectivity index (χ4v) is 2.21. The molecule has 2 rings (SSSR count). The van der Waals surface area contributed by atoms with Crippen LogP contribution < -0.4 is 20.1 Å². The van der Waals surface area contributed by atoms with Crippen molar-refractivity contribution in [3.63, 3.8) is 0 Å². The Bertz CT molecular complexity index is 869. The zero-order chi connectivity index (χ0) is 20.7. The summed E-state index contributed by atoms with van der Waals surface area (Å²) in [4.78, 5) is 34.9. The van der Waals surface area contributed by atoms with Crippen molar-refractivity contribution in [1.82, 2.24) is 0 Å². The Morgan fingerprint density at radius 3 is 2.25 bits per heavy atom. The second kappa shape index (κ2) is 9.45. The maximum atomic E-state index is 12.1. The van der Waals surface area contributed by atoms with Crippen LogP contribution in [0.15, 0.2) is 42.5 Å². The van der Waals surface area contributed by atoms with Crippen LogP contribution in [0, 0.1) is 0 Å². The van der Waals surface area contributed by atoms with Crippen molar-refractivity contribution in [3.05, 3.63) is 48.0 Å². The number of halogens is 2. The second-order valence-electron chi connectivity index (χ2n) is 5.69. The van der Waals surface area contributed by atoms with Crippen molar-refractivity contribution in [2.45, 2.75) is 20.5 Å². The number of anilines is 2. The van der Waals surface area contributed by atoms with Gasteiger partial charge in [0, 0.05) is 18.2 Å². The zero-order valence-electron chi connectivity index (χ0n) is 15.1. The van der Waals surface area contributed by atoms with E-state index in [0.29, 0.717) is 16.9 Å². The molecule has 0 aromatic heterocycles. The van der Waals surface area contributed by atoms with Gasteiger partial charge >= 0.3 is 6.61 Å². The lowest BCUT2D eigenvalue weighted by Gasteiger charge is -2.13. The van der Waals surface area contributed by atoms with Gasteiger partial charge in [-0.15, -0.1) is 0 Å². The molecule has 28 heavy (non-hydrogen) atoms. The number of Topliss-reactive ketones (excluding diaryl/α,β-unsaturated/α-hetero) is 1. The summed E-state index contributed by atoms with van der Waals surface area (Å²) < 4.78 is 33.9. The van der Waals surface area contributed by atoms with Crippen LogP contribution in [0.1, 0.15) is 24.2 Å². The highest BCUT2D eigenvalue weighted by Crippen LogP contribution is 2.26. The Hall–Kier alpha value is -3.49. The summed E-state index contributed by atoms with van der Waals surface area (Å²) in [6.45, 7) is -0.636. The van der Waals surface area contributed by atoms with Crippen LogP contribution in [-0.4, -0.2) is 30.8 Å². The third-order valence-corrected chi connectivity index (χ3v) is 3.42. The Kier molecular flexibility index (Phi) is 7.02. The number of nitrogens with one attached hydrogen (secondary N) is 2. The van der Waals surface area contributed by atoms with Gasteiger partial charge in [0.15, 0.2) is 12.4 Å². The van der Waals surface area contributed by atoms with Crippen molar-refractivity contribution >= 4 is 29.0 Å². The van der Waals surface area contributed by atoms with Gasteiger partial charge in [0.1, 0.15) is 11.5 Å². The molecule has 0 saturated heterocycles. The number of amides is 2. The number of carbonyl (C=O) groups is 3. The summed E-state index contributed by atoms with van der Waals surface area (Å²) >= 11 is 0. The van der Waals surface area contributed by atoms with Gasteiger partial charge in [0.2, 0.25) is 5.91 Å². The average molecular weight is 392 g/mol. The molecule has 0 spiro atoms. The maximum absolute atomic E-state index is 12.1. The molecular weight excluding hydrogens is 374 g/mol. The zero-order valence-corrected chi connectivity index (χ0v) is 15.1. The van der Waals surface area contributed by atoms with Crippen LogP contribution in [0.5, 0.6) is 11.5 Å². The summed E-state index contributed by atoms with van der Waals surface area (Å²) in [5.74, 6) is -0.931. The van der Waals surface area contributed by atoms with E-state index in [1.165, 1.54) is 56.3 Å². The van der Waals surface area contributed by atoms with E-state index < -0.39 is 19.1 Å². The number of hydrogen-bond acceptors (Lipinski definition) is 5. The van der Waals surface area contributed by atoms with Crippen LogP contribution in [0.4, 0.5) is 20.2 Å². The number of benzene rings is 2. The Morgan fingerprint density at radius 2 is 1.68 bits per heavy atom. The van der Waals surface area contributed by atoms with Gasteiger partial charge in [-0.1, -0.05) is 0 Å². The molecule has 2 aromatic carbocycles. The van der Waals surface area contributed by atoms with Crippen molar-refractivity contribution in [2.75, 3.05) is 17.2 Å². The molecule has 0 aliphatic heterocycles. The van der Waals surface area contributed by atoms with Crippen LogP contribution in [0.3, 0.4) is 0 Å².